The van der Waals surface area contributed by atoms with Gasteiger partial charge in [-0.2, -0.15) is 0 Å². The molecule has 506 valence electrons. The predicted octanol–water partition coefficient (Wildman–Crippen LogP) is 16.0. The number of carbonyl (C=O) groups is 3. The van der Waals surface area contributed by atoms with E-state index in [9.17, 15) is 38.4 Å². The first-order valence-electron chi connectivity index (χ1n) is 35.1. The van der Waals surface area contributed by atoms with Gasteiger partial charge in [0.25, 0.3) is 0 Å². The number of nitrogens with one attached hydrogen (secondary N) is 2. The van der Waals surface area contributed by atoms with Crippen LogP contribution in [0.3, 0.4) is 0 Å². The number of aliphatic hydroxyl groups is 1. The average molecular weight is 1260 g/mol. The quantitative estimate of drug-likeness (QED) is 0.0165. The van der Waals surface area contributed by atoms with Crippen LogP contribution in [-0.2, 0) is 56.2 Å². The Morgan fingerprint density at radius 3 is 1.53 bits per heavy atom. The Morgan fingerprint density at radius 2 is 1.00 bits per heavy atom. The summed E-state index contributed by atoms with van der Waals surface area (Å²) in [6, 6.07) is -2.36. The molecular formula is C67H128N2O15P2. The highest BCUT2D eigenvalue weighted by atomic mass is 31.2. The number of unbranched alkanes of at least 4 members (excludes halogenated alkanes) is 30. The van der Waals surface area contributed by atoms with Crippen molar-refractivity contribution in [3.8, 4) is 0 Å². The lowest BCUT2D eigenvalue weighted by atomic mass is 9.94. The molecule has 86 heavy (non-hydrogen) atoms. The van der Waals surface area contributed by atoms with E-state index in [2.05, 4.69) is 57.4 Å². The number of Topliss-reactive ketones (excluding diaryl/α,β-unsaturated/α-hetero) is 1. The maximum atomic E-state index is 14.1. The van der Waals surface area contributed by atoms with E-state index in [1.54, 1.807) is 0 Å². The van der Waals surface area contributed by atoms with E-state index in [1.807, 2.05) is 6.92 Å². The fraction of sp³-hybridized carbons (Fsp3) is 0.925. The number of carbonyl (C=O) groups excluding carboxylic acids is 3. The maximum absolute atomic E-state index is 14.1. The van der Waals surface area contributed by atoms with Gasteiger partial charge in [0, 0.05) is 32.7 Å². The van der Waals surface area contributed by atoms with Crippen LogP contribution in [0.4, 0.5) is 0 Å². The summed E-state index contributed by atoms with van der Waals surface area (Å²) in [5.74, 6) is -0.848. The molecule has 0 aromatic carbocycles. The van der Waals surface area contributed by atoms with Gasteiger partial charge in [-0.15, -0.1) is 0 Å². The van der Waals surface area contributed by atoms with Crippen LogP contribution in [0.5, 0.6) is 0 Å². The van der Waals surface area contributed by atoms with Crippen molar-refractivity contribution in [1.82, 2.24) is 10.6 Å². The van der Waals surface area contributed by atoms with E-state index in [-0.39, 0.29) is 37.7 Å². The number of hydrogen-bond donors (Lipinski definition) is 5. The summed E-state index contributed by atoms with van der Waals surface area (Å²) in [4.78, 5) is 61.9. The lowest BCUT2D eigenvalue weighted by molar-refractivity contribution is -0.296. The molecule has 2 amide bonds. The summed E-state index contributed by atoms with van der Waals surface area (Å²) in [6.45, 7) is 13.9. The van der Waals surface area contributed by atoms with Crippen molar-refractivity contribution in [3.05, 3.63) is 12.2 Å². The van der Waals surface area contributed by atoms with Crippen molar-refractivity contribution in [2.24, 2.45) is 5.92 Å². The number of aliphatic hydroxyl groups excluding tert-OH is 1. The van der Waals surface area contributed by atoms with E-state index in [0.717, 1.165) is 116 Å². The van der Waals surface area contributed by atoms with E-state index in [1.165, 1.54) is 103 Å². The topological polar surface area (TPSA) is 235 Å². The smallest absolute Gasteiger partial charge is 0.327 e. The molecule has 19 heteroatoms. The normalized spacial score (nSPS) is 24.0. The zero-order chi connectivity index (χ0) is 63.1. The molecule has 2 aliphatic heterocycles. The van der Waals surface area contributed by atoms with Crippen LogP contribution in [0.1, 0.15) is 305 Å². The van der Waals surface area contributed by atoms with Gasteiger partial charge in [-0.3, -0.25) is 28.0 Å². The summed E-state index contributed by atoms with van der Waals surface area (Å²) in [5, 5.41) is 18.2. The Kier molecular flexibility index (Phi) is 48.6. The van der Waals surface area contributed by atoms with Gasteiger partial charge in [0.05, 0.1) is 19.1 Å². The Morgan fingerprint density at radius 1 is 0.547 bits per heavy atom. The molecule has 0 spiro atoms. The molecule has 0 aromatic heterocycles. The first kappa shape index (κ1) is 80.5. The molecule has 0 bridgehead atoms. The minimum absolute atomic E-state index is 0.185. The second kappa shape index (κ2) is 52.0. The van der Waals surface area contributed by atoms with Crippen LogP contribution >= 0.6 is 15.9 Å². The lowest BCUT2D eigenvalue weighted by Gasteiger charge is -2.47. The van der Waals surface area contributed by atoms with Crippen LogP contribution in [0.15, 0.2) is 12.2 Å². The Labute approximate surface area is 523 Å². The summed E-state index contributed by atoms with van der Waals surface area (Å²) >= 11 is 0. The van der Waals surface area contributed by atoms with Gasteiger partial charge in [-0.25, -0.2) is 0 Å². The summed E-state index contributed by atoms with van der Waals surface area (Å²) in [5.41, 5.74) is 0. The molecule has 2 heterocycles. The fourth-order valence-corrected chi connectivity index (χ4v) is 12.8. The van der Waals surface area contributed by atoms with Crippen LogP contribution in [0.25, 0.3) is 0 Å². The molecule has 2 saturated heterocycles. The van der Waals surface area contributed by atoms with E-state index in [4.69, 9.17) is 32.7 Å². The second-order valence-corrected chi connectivity index (χ2v) is 27.7. The van der Waals surface area contributed by atoms with Gasteiger partial charge in [0.1, 0.15) is 48.4 Å². The molecule has 2 fully saturated rings. The minimum atomic E-state index is -4.34. The van der Waals surface area contributed by atoms with Gasteiger partial charge in [-0.1, -0.05) is 240 Å². The maximum Gasteiger partial charge on any atom is 0.327 e. The predicted molar refractivity (Wildman–Crippen MR) is 347 cm³/mol. The largest absolute Gasteiger partial charge is 0.388 e. The van der Waals surface area contributed by atoms with Crippen LogP contribution in [0, 0.1) is 5.92 Å². The molecular weight excluding hydrogens is 1130 g/mol. The summed E-state index contributed by atoms with van der Waals surface area (Å²) in [6.07, 6.45) is 35.3. The Bertz CT molecular complexity index is 1790. The van der Waals surface area contributed by atoms with Crippen molar-refractivity contribution in [1.29, 1.82) is 0 Å². The highest BCUT2D eigenvalue weighted by molar-refractivity contribution is 7.51. The van der Waals surface area contributed by atoms with Crippen molar-refractivity contribution >= 4 is 33.4 Å². The lowest BCUT2D eigenvalue weighted by Crippen LogP contribution is -2.67. The first-order chi connectivity index (χ1) is 41.6. The highest BCUT2D eigenvalue weighted by Gasteiger charge is 2.52. The standard InChI is InChI=1S/C67H128N2O15P2/c1-8-13-17-21-24-27-28-29-30-31-32-34-36-40-44-48-58(71)68-61-65(79-51-49-54(6)46-42-38-20-16-11-4)63(83-85(74)75)56(12-5)81-66(61)80-53-57-62(73)64(78-50-45-41-37-26-23-19-15-10-3)60(67(82-57)84-86(7,76)77)69-59(72)52-55(70)47-43-39-35-33-25-22-18-14-9-2/h27-28,54,56-57,60-67,73,85H,8-26,29-53H2,1-7H3,(H,68,71)(H,69,72)(H,74,75)(H,76,77)/b28-27-. The van der Waals surface area contributed by atoms with Crippen LogP contribution in [-0.4, -0.2) is 120 Å². The fourth-order valence-electron chi connectivity index (χ4n) is 11.7. The number of rotatable bonds is 57. The monoisotopic (exact) mass is 1260 g/mol. The number of hydrogen-bond acceptors (Lipinski definition) is 13. The highest BCUT2D eigenvalue weighted by Crippen LogP contribution is 2.42. The molecule has 2 aliphatic rings. The SMILES string of the molecule is CCCCCC/C=C\CCCCCCCCCC(=O)NC1C(OCC2OC(OP(C)(=O)O)C(NC(=O)CC(=O)CCCCCCCCCCC)C(OCCCCCCCCCC)C2O)OC(CC)C(O[PH](=O)O)C1OCCC(C)CCCCCCC. The molecule has 0 saturated carbocycles. The number of ketones is 1. The zero-order valence-electron chi connectivity index (χ0n) is 55.3. The third-order valence-electron chi connectivity index (χ3n) is 17.0. The first-order valence-corrected chi connectivity index (χ1v) is 38.3. The number of ether oxygens (including phenoxy) is 5. The summed E-state index contributed by atoms with van der Waals surface area (Å²) < 4.78 is 69.6. The van der Waals surface area contributed by atoms with Gasteiger partial charge in [0.15, 0.2) is 12.6 Å². The van der Waals surface area contributed by atoms with Crippen molar-refractivity contribution in [2.45, 2.75) is 366 Å². The molecule has 2 rings (SSSR count). The zero-order valence-corrected chi connectivity index (χ0v) is 57.2. The van der Waals surface area contributed by atoms with Crippen molar-refractivity contribution in [2.75, 3.05) is 26.5 Å². The third-order valence-corrected chi connectivity index (χ3v) is 18.0. The molecule has 13 unspecified atom stereocenters. The average Bonchev–Trinajstić information content (AvgIpc) is 1.69. The molecule has 0 aromatic rings. The minimum Gasteiger partial charge on any atom is -0.388 e. The van der Waals surface area contributed by atoms with Crippen LogP contribution < -0.4 is 10.6 Å². The third kappa shape index (κ3) is 39.0. The molecule has 13 atom stereocenters. The van der Waals surface area contributed by atoms with E-state index < -0.39 is 96.1 Å². The van der Waals surface area contributed by atoms with Gasteiger partial charge >= 0.3 is 15.9 Å². The van der Waals surface area contributed by atoms with Crippen LogP contribution in [0.2, 0.25) is 0 Å². The number of amides is 2. The van der Waals surface area contributed by atoms with E-state index >= 15 is 0 Å². The molecule has 17 nitrogen and oxygen atoms in total. The Balaban J connectivity index is 2.37. The molecule has 0 aliphatic carbocycles. The number of allylic oxidation sites excluding steroid dienone is 2. The van der Waals surface area contributed by atoms with E-state index in [0.29, 0.717) is 38.0 Å². The van der Waals surface area contributed by atoms with Crippen molar-refractivity contribution < 1.29 is 71.1 Å². The van der Waals surface area contributed by atoms with Crippen molar-refractivity contribution in [3.63, 3.8) is 0 Å². The molecule has 0 radical (unpaired) electrons. The van der Waals surface area contributed by atoms with Gasteiger partial charge in [0.2, 0.25) is 11.8 Å². The second-order valence-electron chi connectivity index (χ2n) is 25.1. The van der Waals surface area contributed by atoms with Gasteiger partial charge in [-0.05, 0) is 63.7 Å². The Hall–Kier alpha value is -1.59. The molecule has 5 N–H and O–H groups in total. The van der Waals surface area contributed by atoms with Gasteiger partial charge < -0.3 is 53.7 Å². The summed E-state index contributed by atoms with van der Waals surface area (Å²) in [7, 11) is -7.86.